The third kappa shape index (κ3) is 4.88. The number of Topliss-reactive ketones (excluding diaryl/α,β-unsaturated/α-hetero) is 1. The second kappa shape index (κ2) is 8.00. The van der Waals surface area contributed by atoms with Crippen molar-refractivity contribution in [2.24, 2.45) is 11.8 Å². The Bertz CT molecular complexity index is 391. The summed E-state index contributed by atoms with van der Waals surface area (Å²) < 4.78 is 6.84. The molecule has 0 saturated heterocycles. The van der Waals surface area contributed by atoms with Gasteiger partial charge in [-0.15, -0.1) is 0 Å². The molecule has 2 atom stereocenters. The molecule has 0 heterocycles. The molecule has 19 heavy (non-hydrogen) atoms. The summed E-state index contributed by atoms with van der Waals surface area (Å²) in [5.74, 6) is 1.69. The Kier molecular flexibility index (Phi) is 6.31. The summed E-state index contributed by atoms with van der Waals surface area (Å²) in [6.45, 7) is 1.50. The fourth-order valence-electron chi connectivity index (χ4n) is 2.70. The van der Waals surface area contributed by atoms with Crippen LogP contribution in [0.2, 0.25) is 0 Å². The third-order valence-electron chi connectivity index (χ3n) is 3.89. The Balaban J connectivity index is 1.69. The highest BCUT2D eigenvalue weighted by Gasteiger charge is 2.27. The lowest BCUT2D eigenvalue weighted by Gasteiger charge is -2.29. The first-order valence-electron chi connectivity index (χ1n) is 6.99. The van der Waals surface area contributed by atoms with Gasteiger partial charge in [0.05, 0.1) is 6.61 Å². The van der Waals surface area contributed by atoms with Gasteiger partial charge in [0, 0.05) is 23.9 Å². The van der Waals surface area contributed by atoms with E-state index in [-0.39, 0.29) is 0 Å². The number of carbonyl (C=O) groups excluding carboxylic acids is 1. The maximum Gasteiger partial charge on any atom is 0.133 e. The molecule has 0 spiro atoms. The first-order chi connectivity index (χ1) is 9.29. The lowest BCUT2D eigenvalue weighted by molar-refractivity contribution is -0.122. The van der Waals surface area contributed by atoms with Crippen LogP contribution in [0.15, 0.2) is 30.3 Å². The molecule has 1 fully saturated rings. The molecular weight excluding hydrogens is 351 g/mol. The lowest BCUT2D eigenvalue weighted by atomic mass is 9.78. The quantitative estimate of drug-likeness (QED) is 0.429. The van der Waals surface area contributed by atoms with E-state index in [1.165, 1.54) is 5.56 Å². The van der Waals surface area contributed by atoms with E-state index in [2.05, 4.69) is 34.7 Å². The molecule has 0 aliphatic heterocycles. The van der Waals surface area contributed by atoms with Gasteiger partial charge in [-0.2, -0.15) is 0 Å². The van der Waals surface area contributed by atoms with Crippen LogP contribution in [0, 0.1) is 11.8 Å². The number of alkyl halides is 1. The molecule has 3 heteroatoms. The SMILES string of the molecule is O=C1CC[C@@H](CCOCc2ccccc2)[C@H](CI)C1. The van der Waals surface area contributed by atoms with Gasteiger partial charge in [-0.05, 0) is 30.2 Å². The van der Waals surface area contributed by atoms with Gasteiger partial charge in [0.25, 0.3) is 0 Å². The number of ether oxygens (including phenoxy) is 1. The number of halogens is 1. The van der Waals surface area contributed by atoms with E-state index in [9.17, 15) is 4.79 Å². The number of rotatable bonds is 6. The van der Waals surface area contributed by atoms with Gasteiger partial charge in [-0.1, -0.05) is 52.9 Å². The number of benzene rings is 1. The van der Waals surface area contributed by atoms with Crippen LogP contribution in [0.3, 0.4) is 0 Å². The maximum atomic E-state index is 11.5. The van der Waals surface area contributed by atoms with Gasteiger partial charge in [-0.25, -0.2) is 0 Å². The van der Waals surface area contributed by atoms with Gasteiger partial charge in [0.1, 0.15) is 5.78 Å². The van der Waals surface area contributed by atoms with Crippen molar-refractivity contribution in [3.8, 4) is 0 Å². The van der Waals surface area contributed by atoms with Crippen LogP contribution < -0.4 is 0 Å². The molecule has 1 aliphatic carbocycles. The van der Waals surface area contributed by atoms with Crippen molar-refractivity contribution in [2.45, 2.75) is 32.3 Å². The highest BCUT2D eigenvalue weighted by atomic mass is 127. The summed E-state index contributed by atoms with van der Waals surface area (Å²) in [5, 5.41) is 0. The number of carbonyl (C=O) groups is 1. The van der Waals surface area contributed by atoms with Gasteiger partial charge in [-0.3, -0.25) is 4.79 Å². The summed E-state index contributed by atoms with van der Waals surface area (Å²) in [6, 6.07) is 10.3. The number of ketones is 1. The van der Waals surface area contributed by atoms with E-state index < -0.39 is 0 Å². The molecule has 0 N–H and O–H groups in total. The number of hydrogen-bond donors (Lipinski definition) is 0. The first kappa shape index (κ1) is 15.0. The fourth-order valence-corrected chi connectivity index (χ4v) is 3.73. The molecule has 0 aromatic heterocycles. The zero-order chi connectivity index (χ0) is 13.5. The van der Waals surface area contributed by atoms with Crippen molar-refractivity contribution < 1.29 is 9.53 Å². The molecule has 1 aliphatic rings. The molecule has 0 radical (unpaired) electrons. The van der Waals surface area contributed by atoms with Crippen molar-refractivity contribution in [2.75, 3.05) is 11.0 Å². The standard InChI is InChI=1S/C16H21IO2/c17-11-15-10-16(18)7-6-14(15)8-9-19-12-13-4-2-1-3-5-13/h1-5,14-15H,6-12H2/t14-,15-/m0/s1. The van der Waals surface area contributed by atoms with Crippen molar-refractivity contribution in [1.29, 1.82) is 0 Å². The first-order valence-corrected chi connectivity index (χ1v) is 8.51. The van der Waals surface area contributed by atoms with Crippen LogP contribution in [-0.4, -0.2) is 16.8 Å². The van der Waals surface area contributed by atoms with Crippen LogP contribution in [0.5, 0.6) is 0 Å². The molecule has 2 nitrogen and oxygen atoms in total. The molecule has 0 unspecified atom stereocenters. The molecule has 2 rings (SSSR count). The highest BCUT2D eigenvalue weighted by molar-refractivity contribution is 14.1. The average Bonchev–Trinajstić information content (AvgIpc) is 2.46. The minimum Gasteiger partial charge on any atom is -0.377 e. The van der Waals surface area contributed by atoms with Crippen molar-refractivity contribution in [3.05, 3.63) is 35.9 Å². The molecule has 104 valence electrons. The minimum absolute atomic E-state index is 0.447. The van der Waals surface area contributed by atoms with Gasteiger partial charge in [0.2, 0.25) is 0 Å². The van der Waals surface area contributed by atoms with Crippen molar-refractivity contribution in [3.63, 3.8) is 0 Å². The van der Waals surface area contributed by atoms with Crippen LogP contribution in [-0.2, 0) is 16.1 Å². The highest BCUT2D eigenvalue weighted by Crippen LogP contribution is 2.32. The predicted molar refractivity (Wildman–Crippen MR) is 85.4 cm³/mol. The zero-order valence-electron chi connectivity index (χ0n) is 11.2. The van der Waals surface area contributed by atoms with E-state index in [0.29, 0.717) is 24.2 Å². The summed E-state index contributed by atoms with van der Waals surface area (Å²) in [5.41, 5.74) is 1.23. The summed E-state index contributed by atoms with van der Waals surface area (Å²) in [6.07, 6.45) is 3.71. The topological polar surface area (TPSA) is 26.3 Å². The average molecular weight is 372 g/mol. The van der Waals surface area contributed by atoms with Gasteiger partial charge >= 0.3 is 0 Å². The number of hydrogen-bond acceptors (Lipinski definition) is 2. The molecular formula is C16H21IO2. The molecule has 0 amide bonds. The normalized spacial score (nSPS) is 23.5. The Morgan fingerprint density at radius 1 is 1.21 bits per heavy atom. The van der Waals surface area contributed by atoms with E-state index in [4.69, 9.17) is 4.74 Å². The van der Waals surface area contributed by atoms with Crippen LogP contribution in [0.1, 0.15) is 31.2 Å². The third-order valence-corrected chi connectivity index (χ3v) is 5.02. The monoisotopic (exact) mass is 372 g/mol. The Morgan fingerprint density at radius 3 is 2.74 bits per heavy atom. The van der Waals surface area contributed by atoms with Gasteiger partial charge in [0.15, 0.2) is 0 Å². The fraction of sp³-hybridized carbons (Fsp3) is 0.562. The summed E-state index contributed by atoms with van der Waals surface area (Å²) in [7, 11) is 0. The van der Waals surface area contributed by atoms with Crippen molar-refractivity contribution >= 4 is 28.4 Å². The van der Waals surface area contributed by atoms with E-state index in [1.807, 2.05) is 18.2 Å². The predicted octanol–water partition coefficient (Wildman–Crippen LogP) is 4.01. The van der Waals surface area contributed by atoms with Gasteiger partial charge < -0.3 is 4.74 Å². The molecule has 1 saturated carbocycles. The van der Waals surface area contributed by atoms with E-state index >= 15 is 0 Å². The summed E-state index contributed by atoms with van der Waals surface area (Å²) >= 11 is 2.41. The molecule has 1 aromatic carbocycles. The largest absolute Gasteiger partial charge is 0.377 e. The Hall–Kier alpha value is -0.420. The van der Waals surface area contributed by atoms with E-state index in [1.54, 1.807) is 0 Å². The smallest absolute Gasteiger partial charge is 0.133 e. The second-order valence-electron chi connectivity index (χ2n) is 5.28. The maximum absolute atomic E-state index is 11.5. The van der Waals surface area contributed by atoms with Crippen LogP contribution in [0.25, 0.3) is 0 Å². The van der Waals surface area contributed by atoms with Crippen LogP contribution >= 0.6 is 22.6 Å². The summed E-state index contributed by atoms with van der Waals surface area (Å²) in [4.78, 5) is 11.5. The van der Waals surface area contributed by atoms with E-state index in [0.717, 1.165) is 36.7 Å². The molecule has 1 aromatic rings. The Morgan fingerprint density at radius 2 is 2.00 bits per heavy atom. The molecule has 0 bridgehead atoms. The minimum atomic E-state index is 0.447. The second-order valence-corrected chi connectivity index (χ2v) is 6.16. The lowest BCUT2D eigenvalue weighted by Crippen LogP contribution is -2.27. The van der Waals surface area contributed by atoms with Crippen molar-refractivity contribution in [1.82, 2.24) is 0 Å². The van der Waals surface area contributed by atoms with Crippen LogP contribution in [0.4, 0.5) is 0 Å². The Labute approximate surface area is 129 Å². The zero-order valence-corrected chi connectivity index (χ0v) is 13.3.